The molecule has 2 nitrogen and oxygen atoms in total. The Morgan fingerprint density at radius 2 is 2.00 bits per heavy atom. The quantitative estimate of drug-likeness (QED) is 0.625. The minimum absolute atomic E-state index is 0.321. The Morgan fingerprint density at radius 3 is 2.58 bits per heavy atom. The number of rotatable bonds is 1. The number of hydrogen-bond donors (Lipinski definition) is 0. The second kappa shape index (κ2) is 3.69. The summed E-state index contributed by atoms with van der Waals surface area (Å²) in [7, 11) is 0. The number of carbonyl (C=O) groups excluding carboxylic acids is 1. The summed E-state index contributed by atoms with van der Waals surface area (Å²) in [6.07, 6.45) is 6.49. The Kier molecular flexibility index (Phi) is 2.59. The molecule has 0 atom stereocenters. The molecule has 12 heavy (non-hydrogen) atoms. The van der Waals surface area contributed by atoms with Crippen molar-refractivity contribution in [3.05, 3.63) is 0 Å². The average Bonchev–Trinajstić information content (AvgIpc) is 2.53. The zero-order valence-electron chi connectivity index (χ0n) is 7.29. The van der Waals surface area contributed by atoms with E-state index in [1.807, 2.05) is 0 Å². The highest BCUT2D eigenvalue weighted by molar-refractivity contribution is 8.13. The highest BCUT2D eigenvalue weighted by Crippen LogP contribution is 2.28. The first kappa shape index (κ1) is 8.42. The van der Waals surface area contributed by atoms with Crippen LogP contribution in [0.3, 0.4) is 0 Å². The normalized spacial score (nSPS) is 26.7. The van der Waals surface area contributed by atoms with Gasteiger partial charge in [-0.05, 0) is 12.8 Å². The van der Waals surface area contributed by atoms with Crippen LogP contribution in [0.15, 0.2) is 0 Å². The van der Waals surface area contributed by atoms with E-state index >= 15 is 0 Å². The van der Waals surface area contributed by atoms with Crippen LogP contribution in [0.25, 0.3) is 0 Å². The van der Waals surface area contributed by atoms with Crippen LogP contribution in [0.4, 0.5) is 4.79 Å². The third kappa shape index (κ3) is 1.60. The Balaban J connectivity index is 1.93. The minimum atomic E-state index is 0.321. The first-order valence-corrected chi connectivity index (χ1v) is 5.80. The van der Waals surface area contributed by atoms with Gasteiger partial charge in [-0.2, -0.15) is 0 Å². The molecule has 1 aliphatic carbocycles. The summed E-state index contributed by atoms with van der Waals surface area (Å²) < 4.78 is 0. The fourth-order valence-corrected chi connectivity index (χ4v) is 3.00. The zero-order chi connectivity index (χ0) is 8.39. The molecule has 1 heterocycles. The molecular weight excluding hydrogens is 170 g/mol. The maximum absolute atomic E-state index is 11.4. The van der Waals surface area contributed by atoms with Crippen molar-refractivity contribution in [2.75, 3.05) is 12.3 Å². The van der Waals surface area contributed by atoms with Crippen LogP contribution in [0, 0.1) is 0 Å². The average molecular weight is 185 g/mol. The van der Waals surface area contributed by atoms with Crippen LogP contribution in [-0.4, -0.2) is 28.5 Å². The van der Waals surface area contributed by atoms with Crippen molar-refractivity contribution in [2.45, 2.75) is 38.1 Å². The van der Waals surface area contributed by atoms with Gasteiger partial charge in [0.05, 0.1) is 0 Å². The zero-order valence-corrected chi connectivity index (χ0v) is 8.11. The standard InChI is InChI=1S/C9H15NOS/c11-9-10(6-7-12-9)8-4-2-1-3-5-8/h8H,1-7H2. The third-order valence-corrected chi connectivity index (χ3v) is 3.68. The van der Waals surface area contributed by atoms with Crippen LogP contribution < -0.4 is 0 Å². The van der Waals surface area contributed by atoms with Gasteiger partial charge in [-0.25, -0.2) is 0 Å². The van der Waals surface area contributed by atoms with Crippen molar-refractivity contribution in [1.29, 1.82) is 0 Å². The first-order valence-electron chi connectivity index (χ1n) is 4.81. The maximum Gasteiger partial charge on any atom is 0.281 e. The largest absolute Gasteiger partial charge is 0.330 e. The van der Waals surface area contributed by atoms with E-state index in [-0.39, 0.29) is 0 Å². The smallest absolute Gasteiger partial charge is 0.281 e. The van der Waals surface area contributed by atoms with E-state index < -0.39 is 0 Å². The molecule has 0 aromatic rings. The summed E-state index contributed by atoms with van der Waals surface area (Å²) in [4.78, 5) is 13.4. The van der Waals surface area contributed by atoms with Gasteiger partial charge in [0.25, 0.3) is 5.24 Å². The number of carbonyl (C=O) groups is 1. The molecule has 0 N–H and O–H groups in total. The Bertz CT molecular complexity index is 177. The van der Waals surface area contributed by atoms with Gasteiger partial charge >= 0.3 is 0 Å². The number of amides is 1. The van der Waals surface area contributed by atoms with Gasteiger partial charge in [-0.3, -0.25) is 4.79 Å². The highest BCUT2D eigenvalue weighted by atomic mass is 32.2. The second-order valence-corrected chi connectivity index (χ2v) is 4.65. The molecule has 2 aliphatic rings. The van der Waals surface area contributed by atoms with Gasteiger partial charge in [-0.15, -0.1) is 0 Å². The number of hydrogen-bond acceptors (Lipinski definition) is 2. The van der Waals surface area contributed by atoms with E-state index in [2.05, 4.69) is 4.90 Å². The molecule has 2 rings (SSSR count). The first-order chi connectivity index (χ1) is 5.88. The molecule has 1 aliphatic heterocycles. The van der Waals surface area contributed by atoms with Crippen molar-refractivity contribution < 1.29 is 4.79 Å². The molecular formula is C9H15NOS. The summed E-state index contributed by atoms with van der Waals surface area (Å²) in [6, 6.07) is 0.584. The van der Waals surface area contributed by atoms with E-state index in [1.54, 1.807) is 0 Å². The molecule has 68 valence electrons. The molecule has 0 spiro atoms. The molecule has 3 heteroatoms. The fraction of sp³-hybridized carbons (Fsp3) is 0.889. The van der Waals surface area contributed by atoms with Gasteiger partial charge in [0.1, 0.15) is 0 Å². The topological polar surface area (TPSA) is 20.3 Å². The third-order valence-electron chi connectivity index (χ3n) is 2.81. The minimum Gasteiger partial charge on any atom is -0.330 e. The molecule has 1 saturated carbocycles. The molecule has 0 radical (unpaired) electrons. The monoisotopic (exact) mass is 185 g/mol. The fourth-order valence-electron chi connectivity index (χ4n) is 2.13. The summed E-state index contributed by atoms with van der Waals surface area (Å²) in [5, 5.41) is 0.321. The second-order valence-electron chi connectivity index (χ2n) is 3.60. The summed E-state index contributed by atoms with van der Waals surface area (Å²) in [5.74, 6) is 1.01. The van der Waals surface area contributed by atoms with Crippen molar-refractivity contribution in [3.63, 3.8) is 0 Å². The van der Waals surface area contributed by atoms with Gasteiger partial charge < -0.3 is 4.90 Å². The van der Waals surface area contributed by atoms with Crippen LogP contribution in [-0.2, 0) is 0 Å². The lowest BCUT2D eigenvalue weighted by Gasteiger charge is -2.30. The van der Waals surface area contributed by atoms with Crippen molar-refractivity contribution in [1.82, 2.24) is 4.90 Å². The van der Waals surface area contributed by atoms with Crippen LogP contribution in [0.5, 0.6) is 0 Å². The lowest BCUT2D eigenvalue weighted by molar-refractivity contribution is 0.187. The van der Waals surface area contributed by atoms with E-state index in [4.69, 9.17) is 0 Å². The lowest BCUT2D eigenvalue weighted by Crippen LogP contribution is -2.36. The predicted molar refractivity (Wildman–Crippen MR) is 51.4 cm³/mol. The van der Waals surface area contributed by atoms with E-state index in [9.17, 15) is 4.79 Å². The maximum atomic E-state index is 11.4. The Morgan fingerprint density at radius 1 is 1.25 bits per heavy atom. The van der Waals surface area contributed by atoms with Crippen LogP contribution >= 0.6 is 11.8 Å². The van der Waals surface area contributed by atoms with Gasteiger partial charge in [0.2, 0.25) is 0 Å². The molecule has 2 fully saturated rings. The van der Waals surface area contributed by atoms with E-state index in [0.29, 0.717) is 11.3 Å². The summed E-state index contributed by atoms with van der Waals surface area (Å²) in [5.41, 5.74) is 0. The lowest BCUT2D eigenvalue weighted by atomic mass is 9.94. The molecule has 0 aromatic heterocycles. The number of nitrogens with zero attached hydrogens (tertiary/aromatic N) is 1. The highest BCUT2D eigenvalue weighted by Gasteiger charge is 2.29. The summed E-state index contributed by atoms with van der Waals surface area (Å²) in [6.45, 7) is 0.994. The summed E-state index contributed by atoms with van der Waals surface area (Å²) >= 11 is 1.49. The van der Waals surface area contributed by atoms with Crippen LogP contribution in [0.2, 0.25) is 0 Å². The Labute approximate surface area is 77.7 Å². The van der Waals surface area contributed by atoms with Gasteiger partial charge in [0, 0.05) is 18.3 Å². The number of thioether (sulfide) groups is 1. The van der Waals surface area contributed by atoms with Gasteiger partial charge in [-0.1, -0.05) is 31.0 Å². The SMILES string of the molecule is O=C1SCCN1C1CCCCC1. The molecule has 0 aromatic carbocycles. The molecule has 0 bridgehead atoms. The van der Waals surface area contributed by atoms with E-state index in [0.717, 1.165) is 12.3 Å². The predicted octanol–water partition coefficient (Wildman–Crippen LogP) is 2.49. The van der Waals surface area contributed by atoms with Gasteiger partial charge in [0.15, 0.2) is 0 Å². The van der Waals surface area contributed by atoms with E-state index in [1.165, 1.54) is 43.9 Å². The van der Waals surface area contributed by atoms with Crippen LogP contribution in [0.1, 0.15) is 32.1 Å². The molecule has 1 amide bonds. The molecule has 1 saturated heterocycles. The Hall–Kier alpha value is -0.180. The van der Waals surface area contributed by atoms with Crippen molar-refractivity contribution in [2.24, 2.45) is 0 Å². The van der Waals surface area contributed by atoms with Crippen molar-refractivity contribution in [3.8, 4) is 0 Å². The van der Waals surface area contributed by atoms with Crippen molar-refractivity contribution >= 4 is 17.0 Å². The molecule has 0 unspecified atom stereocenters.